The lowest BCUT2D eigenvalue weighted by molar-refractivity contribution is -0.144. The molecule has 0 aliphatic heterocycles. The van der Waals surface area contributed by atoms with Gasteiger partial charge in [0.15, 0.2) is 0 Å². The van der Waals surface area contributed by atoms with Crippen molar-refractivity contribution in [2.45, 2.75) is 45.2 Å². The lowest BCUT2D eigenvalue weighted by Gasteiger charge is -2.11. The third-order valence-corrected chi connectivity index (χ3v) is 6.57. The minimum atomic E-state index is -3.56. The fourth-order valence-electron chi connectivity index (χ4n) is 3.09. The van der Waals surface area contributed by atoms with Crippen molar-refractivity contribution in [3.05, 3.63) is 41.0 Å². The van der Waals surface area contributed by atoms with Gasteiger partial charge in [0.1, 0.15) is 18.2 Å². The van der Waals surface area contributed by atoms with Gasteiger partial charge in [0.05, 0.1) is 28.0 Å². The highest BCUT2D eigenvalue weighted by atomic mass is 32.2. The third-order valence-electron chi connectivity index (χ3n) is 4.76. The Balaban J connectivity index is 1.83. The molecular weight excluding hydrogens is 396 g/mol. The molecule has 0 amide bonds. The van der Waals surface area contributed by atoms with Gasteiger partial charge in [0.2, 0.25) is 10.0 Å². The highest BCUT2D eigenvalue weighted by Gasteiger charge is 2.20. The van der Waals surface area contributed by atoms with E-state index in [-0.39, 0.29) is 17.9 Å². The summed E-state index contributed by atoms with van der Waals surface area (Å²) in [6.45, 7) is 6.06. The Hall–Kier alpha value is -2.72. The van der Waals surface area contributed by atoms with Gasteiger partial charge in [-0.05, 0) is 39.0 Å². The second-order valence-electron chi connectivity index (χ2n) is 6.85. The highest BCUT2D eigenvalue weighted by Crippen LogP contribution is 2.23. The van der Waals surface area contributed by atoms with Crippen LogP contribution in [0.3, 0.4) is 0 Å². The van der Waals surface area contributed by atoms with E-state index in [9.17, 15) is 13.2 Å². The van der Waals surface area contributed by atoms with E-state index in [4.69, 9.17) is 9.26 Å². The van der Waals surface area contributed by atoms with Gasteiger partial charge in [0.25, 0.3) is 0 Å². The van der Waals surface area contributed by atoms with Crippen molar-refractivity contribution in [2.75, 3.05) is 14.1 Å². The Morgan fingerprint density at radius 2 is 2.00 bits per heavy atom. The zero-order valence-electron chi connectivity index (χ0n) is 17.1. The molecule has 3 aromatic rings. The van der Waals surface area contributed by atoms with E-state index in [1.54, 1.807) is 26.0 Å². The number of esters is 1. The second-order valence-corrected chi connectivity index (χ2v) is 9.00. The molecule has 0 spiro atoms. The number of carbonyl (C=O) groups excluding carboxylic acids is 1. The maximum absolute atomic E-state index is 12.4. The summed E-state index contributed by atoms with van der Waals surface area (Å²) < 4.78 is 38.2. The van der Waals surface area contributed by atoms with E-state index in [1.165, 1.54) is 20.2 Å². The van der Waals surface area contributed by atoms with Crippen LogP contribution in [-0.2, 0) is 39.1 Å². The fourth-order valence-corrected chi connectivity index (χ4v) is 4.01. The molecule has 2 heterocycles. The molecule has 1 aromatic carbocycles. The van der Waals surface area contributed by atoms with E-state index in [1.807, 2.05) is 11.5 Å². The summed E-state index contributed by atoms with van der Waals surface area (Å²) in [5, 5.41) is 3.83. The van der Waals surface area contributed by atoms with Crippen molar-refractivity contribution in [1.29, 1.82) is 0 Å². The highest BCUT2D eigenvalue weighted by molar-refractivity contribution is 7.89. The van der Waals surface area contributed by atoms with Gasteiger partial charge in [-0.15, -0.1) is 0 Å². The molecule has 0 atom stereocenters. The molecule has 0 aliphatic carbocycles. The van der Waals surface area contributed by atoms with Gasteiger partial charge in [-0.2, -0.15) is 0 Å². The van der Waals surface area contributed by atoms with Crippen molar-refractivity contribution in [1.82, 2.24) is 19.0 Å². The standard InChI is InChI=1S/C19H24N4O5S/c1-6-23-17-8-7-14(29(25,26)22(4)5)9-16(17)20-18(23)11-27-19(24)10-15-12(2)21-28-13(15)3/h7-9H,6,10-11H2,1-5H3. The predicted molar refractivity (Wildman–Crippen MR) is 106 cm³/mol. The predicted octanol–water partition coefficient (Wildman–Crippen LogP) is 2.20. The van der Waals surface area contributed by atoms with Gasteiger partial charge in [0, 0.05) is 26.2 Å². The molecule has 2 aromatic heterocycles. The molecule has 10 heteroatoms. The molecule has 0 unspecified atom stereocenters. The molecule has 0 N–H and O–H groups in total. The monoisotopic (exact) mass is 420 g/mol. The third kappa shape index (κ3) is 4.03. The number of carbonyl (C=O) groups is 1. The van der Waals surface area contributed by atoms with Crippen LogP contribution in [0.1, 0.15) is 29.8 Å². The number of hydrogen-bond acceptors (Lipinski definition) is 7. The van der Waals surface area contributed by atoms with E-state index >= 15 is 0 Å². The van der Waals surface area contributed by atoms with Crippen LogP contribution in [-0.4, -0.2) is 47.5 Å². The van der Waals surface area contributed by atoms with Crippen molar-refractivity contribution >= 4 is 27.0 Å². The Labute approximate surface area is 169 Å². The molecule has 0 bridgehead atoms. The summed E-state index contributed by atoms with van der Waals surface area (Å²) in [6.07, 6.45) is 0.0682. The van der Waals surface area contributed by atoms with Crippen LogP contribution < -0.4 is 0 Å². The summed E-state index contributed by atoms with van der Waals surface area (Å²) in [4.78, 5) is 16.9. The number of fused-ring (bicyclic) bond motifs is 1. The van der Waals surface area contributed by atoms with Crippen molar-refractivity contribution in [3.63, 3.8) is 0 Å². The summed E-state index contributed by atoms with van der Waals surface area (Å²) in [7, 11) is -0.597. The first-order chi connectivity index (χ1) is 13.6. The maximum Gasteiger partial charge on any atom is 0.310 e. The van der Waals surface area contributed by atoms with Gasteiger partial charge in [-0.1, -0.05) is 5.16 Å². The topological polar surface area (TPSA) is 108 Å². The number of nitrogens with zero attached hydrogens (tertiary/aromatic N) is 4. The van der Waals surface area contributed by atoms with Crippen LogP contribution in [0, 0.1) is 13.8 Å². The number of ether oxygens (including phenoxy) is 1. The molecule has 0 radical (unpaired) electrons. The van der Waals surface area contributed by atoms with Crippen LogP contribution in [0.4, 0.5) is 0 Å². The second kappa shape index (κ2) is 7.96. The zero-order valence-corrected chi connectivity index (χ0v) is 17.9. The molecule has 0 saturated carbocycles. The number of aromatic nitrogens is 3. The molecule has 156 valence electrons. The number of aryl methyl sites for hydroxylation is 3. The summed E-state index contributed by atoms with van der Waals surface area (Å²) in [5.74, 6) is 0.730. The minimum Gasteiger partial charge on any atom is -0.457 e. The first-order valence-corrected chi connectivity index (χ1v) is 10.6. The number of sulfonamides is 1. The van der Waals surface area contributed by atoms with Crippen molar-refractivity contribution in [3.8, 4) is 0 Å². The SMILES string of the molecule is CCn1c(COC(=O)Cc2c(C)noc2C)nc2cc(S(=O)(=O)N(C)C)ccc21. The molecule has 0 aliphatic rings. The van der Waals surface area contributed by atoms with Crippen LogP contribution in [0.25, 0.3) is 11.0 Å². The number of rotatable bonds is 7. The lowest BCUT2D eigenvalue weighted by Crippen LogP contribution is -2.22. The van der Waals surface area contributed by atoms with Crippen LogP contribution in [0.15, 0.2) is 27.6 Å². The fraction of sp³-hybridized carbons (Fsp3) is 0.421. The average molecular weight is 420 g/mol. The van der Waals surface area contributed by atoms with Gasteiger partial charge in [-0.25, -0.2) is 17.7 Å². The van der Waals surface area contributed by atoms with Gasteiger partial charge in [-0.3, -0.25) is 4.79 Å². The van der Waals surface area contributed by atoms with Gasteiger partial charge >= 0.3 is 5.97 Å². The minimum absolute atomic E-state index is 0.0134. The van der Waals surface area contributed by atoms with E-state index in [0.29, 0.717) is 29.3 Å². The van der Waals surface area contributed by atoms with Crippen LogP contribution >= 0.6 is 0 Å². The first-order valence-electron chi connectivity index (χ1n) is 9.14. The molecular formula is C19H24N4O5S. The molecule has 29 heavy (non-hydrogen) atoms. The number of benzene rings is 1. The normalized spacial score (nSPS) is 12.1. The Morgan fingerprint density at radius 3 is 2.59 bits per heavy atom. The van der Waals surface area contributed by atoms with Gasteiger partial charge < -0.3 is 13.8 Å². The van der Waals surface area contributed by atoms with Crippen LogP contribution in [0.5, 0.6) is 0 Å². The molecule has 0 fully saturated rings. The summed E-state index contributed by atoms with van der Waals surface area (Å²) in [6, 6.07) is 4.81. The smallest absolute Gasteiger partial charge is 0.310 e. The Bertz CT molecular complexity index is 1140. The average Bonchev–Trinajstić information content (AvgIpc) is 3.19. The molecule has 0 saturated heterocycles. The molecule has 9 nitrogen and oxygen atoms in total. The maximum atomic E-state index is 12.4. The Morgan fingerprint density at radius 1 is 1.28 bits per heavy atom. The largest absolute Gasteiger partial charge is 0.457 e. The van der Waals surface area contributed by atoms with Crippen molar-refractivity contribution in [2.24, 2.45) is 0 Å². The number of hydrogen-bond donors (Lipinski definition) is 0. The van der Waals surface area contributed by atoms with E-state index in [0.717, 1.165) is 15.4 Å². The number of imidazole rings is 1. The summed E-state index contributed by atoms with van der Waals surface area (Å²) >= 11 is 0. The zero-order chi connectivity index (χ0) is 21.3. The van der Waals surface area contributed by atoms with Crippen LogP contribution in [0.2, 0.25) is 0 Å². The summed E-state index contributed by atoms with van der Waals surface area (Å²) in [5.41, 5.74) is 2.70. The van der Waals surface area contributed by atoms with Crippen molar-refractivity contribution < 1.29 is 22.5 Å². The first kappa shape index (κ1) is 21.0. The molecule has 3 rings (SSSR count). The Kier molecular flexibility index (Phi) is 5.76. The quantitative estimate of drug-likeness (QED) is 0.539. The lowest BCUT2D eigenvalue weighted by atomic mass is 10.1. The van der Waals surface area contributed by atoms with E-state index < -0.39 is 16.0 Å². The van der Waals surface area contributed by atoms with E-state index in [2.05, 4.69) is 10.1 Å².